The van der Waals surface area contributed by atoms with Gasteiger partial charge in [0.15, 0.2) is 11.5 Å². The molecule has 0 aliphatic rings. The summed E-state index contributed by atoms with van der Waals surface area (Å²) >= 11 is 0. The summed E-state index contributed by atoms with van der Waals surface area (Å²) in [5, 5.41) is 37.4. The molecule has 3 unspecified atom stereocenters. The van der Waals surface area contributed by atoms with E-state index in [1.54, 1.807) is 13.8 Å². The molecule has 0 heterocycles. The van der Waals surface area contributed by atoms with Gasteiger partial charge in [-0.3, -0.25) is 4.79 Å². The lowest BCUT2D eigenvalue weighted by Crippen LogP contribution is -2.32. The van der Waals surface area contributed by atoms with Crippen LogP contribution in [0.3, 0.4) is 0 Å². The molecular formula is C13H19NO5. The number of carbonyl (C=O) groups is 1. The van der Waals surface area contributed by atoms with Gasteiger partial charge in [-0.2, -0.15) is 0 Å². The number of hydrogen-bond acceptors (Lipinski definition) is 5. The van der Waals surface area contributed by atoms with Crippen molar-refractivity contribution in [3.8, 4) is 17.2 Å². The molecule has 1 aromatic carbocycles. The molecule has 0 saturated heterocycles. The minimum absolute atomic E-state index is 0.141. The van der Waals surface area contributed by atoms with Crippen LogP contribution in [-0.4, -0.2) is 32.4 Å². The molecule has 6 nitrogen and oxygen atoms in total. The van der Waals surface area contributed by atoms with Crippen molar-refractivity contribution in [1.82, 2.24) is 0 Å². The van der Waals surface area contributed by atoms with E-state index in [1.165, 1.54) is 6.07 Å². The first-order chi connectivity index (χ1) is 8.73. The van der Waals surface area contributed by atoms with Gasteiger partial charge in [0.1, 0.15) is 11.8 Å². The smallest absolute Gasteiger partial charge is 0.320 e. The van der Waals surface area contributed by atoms with E-state index in [0.29, 0.717) is 5.56 Å². The third kappa shape index (κ3) is 3.51. The van der Waals surface area contributed by atoms with Gasteiger partial charge in [0.05, 0.1) is 0 Å². The Morgan fingerprint density at radius 1 is 1.26 bits per heavy atom. The molecule has 0 radical (unpaired) electrons. The van der Waals surface area contributed by atoms with E-state index in [0.717, 1.165) is 6.07 Å². The van der Waals surface area contributed by atoms with Crippen molar-refractivity contribution >= 4 is 5.97 Å². The molecule has 1 aromatic rings. The second-order valence-corrected chi connectivity index (χ2v) is 4.85. The summed E-state index contributed by atoms with van der Waals surface area (Å²) in [6.07, 6.45) is 0.229. The number of carboxylic acids is 1. The van der Waals surface area contributed by atoms with Gasteiger partial charge < -0.3 is 26.2 Å². The van der Waals surface area contributed by atoms with Gasteiger partial charge in [-0.05, 0) is 24.3 Å². The van der Waals surface area contributed by atoms with Crippen molar-refractivity contribution in [2.75, 3.05) is 0 Å². The molecule has 0 aliphatic carbocycles. The van der Waals surface area contributed by atoms with Crippen molar-refractivity contribution in [2.45, 2.75) is 32.2 Å². The highest BCUT2D eigenvalue weighted by Crippen LogP contribution is 2.40. The number of aromatic hydroxyl groups is 3. The predicted molar refractivity (Wildman–Crippen MR) is 69.2 cm³/mol. The Kier molecular flexibility index (Phi) is 4.61. The van der Waals surface area contributed by atoms with Crippen LogP contribution in [0.1, 0.15) is 31.7 Å². The molecule has 0 aromatic heterocycles. The van der Waals surface area contributed by atoms with Crippen molar-refractivity contribution in [3.05, 3.63) is 17.7 Å². The lowest BCUT2D eigenvalue weighted by atomic mass is 9.84. The average Bonchev–Trinajstić information content (AvgIpc) is 2.32. The van der Waals surface area contributed by atoms with Crippen molar-refractivity contribution < 1.29 is 25.2 Å². The molecule has 0 saturated carbocycles. The molecule has 3 atom stereocenters. The fourth-order valence-electron chi connectivity index (χ4n) is 1.98. The SMILES string of the molecule is CC(CC(N)C(=O)O)C(C)c1cc(O)cc(O)c1O. The molecule has 0 aliphatic heterocycles. The van der Waals surface area contributed by atoms with Gasteiger partial charge in [0, 0.05) is 11.6 Å². The fraction of sp³-hybridized carbons (Fsp3) is 0.462. The van der Waals surface area contributed by atoms with E-state index >= 15 is 0 Å². The second-order valence-electron chi connectivity index (χ2n) is 4.85. The Balaban J connectivity index is 2.94. The van der Waals surface area contributed by atoms with Gasteiger partial charge in [0.25, 0.3) is 0 Å². The molecule has 19 heavy (non-hydrogen) atoms. The molecule has 0 bridgehead atoms. The minimum Gasteiger partial charge on any atom is -0.508 e. The van der Waals surface area contributed by atoms with Crippen LogP contribution >= 0.6 is 0 Å². The highest BCUT2D eigenvalue weighted by atomic mass is 16.4. The number of phenolic OH excluding ortho intramolecular Hbond substituents is 3. The quantitative estimate of drug-likeness (QED) is 0.406. The number of carboxylic acid groups (broad SMARTS) is 1. The number of phenols is 3. The summed E-state index contributed by atoms with van der Waals surface area (Å²) in [7, 11) is 0. The molecule has 106 valence electrons. The van der Waals surface area contributed by atoms with Gasteiger partial charge in [0.2, 0.25) is 0 Å². The van der Waals surface area contributed by atoms with Crippen LogP contribution in [0.5, 0.6) is 17.2 Å². The monoisotopic (exact) mass is 269 g/mol. The maximum Gasteiger partial charge on any atom is 0.320 e. The van der Waals surface area contributed by atoms with Crippen LogP contribution in [0, 0.1) is 5.92 Å². The van der Waals surface area contributed by atoms with Gasteiger partial charge in [-0.1, -0.05) is 13.8 Å². The van der Waals surface area contributed by atoms with Gasteiger partial charge >= 0.3 is 5.97 Å². The Labute approximate surface area is 111 Å². The Morgan fingerprint density at radius 3 is 2.37 bits per heavy atom. The van der Waals surface area contributed by atoms with Gasteiger partial charge in [-0.25, -0.2) is 0 Å². The van der Waals surface area contributed by atoms with Crippen molar-refractivity contribution in [2.24, 2.45) is 11.7 Å². The zero-order valence-corrected chi connectivity index (χ0v) is 10.9. The lowest BCUT2D eigenvalue weighted by Gasteiger charge is -2.23. The van der Waals surface area contributed by atoms with E-state index < -0.39 is 17.8 Å². The molecule has 0 fully saturated rings. The Bertz CT molecular complexity index is 474. The Hall–Kier alpha value is -1.95. The van der Waals surface area contributed by atoms with E-state index in [9.17, 15) is 20.1 Å². The minimum atomic E-state index is -1.08. The first-order valence-corrected chi connectivity index (χ1v) is 5.97. The normalized spacial score (nSPS) is 15.7. The lowest BCUT2D eigenvalue weighted by molar-refractivity contribution is -0.138. The summed E-state index contributed by atoms with van der Waals surface area (Å²) in [6, 6.07) is 1.41. The molecule has 0 spiro atoms. The fourth-order valence-corrected chi connectivity index (χ4v) is 1.98. The molecular weight excluding hydrogens is 250 g/mol. The number of nitrogens with two attached hydrogens (primary N) is 1. The van der Waals surface area contributed by atoms with Crippen LogP contribution in [0.25, 0.3) is 0 Å². The first kappa shape index (κ1) is 15.1. The van der Waals surface area contributed by atoms with Crippen LogP contribution < -0.4 is 5.73 Å². The van der Waals surface area contributed by atoms with Crippen LogP contribution in [0.15, 0.2) is 12.1 Å². The number of aliphatic carboxylic acids is 1. The third-order valence-corrected chi connectivity index (χ3v) is 3.39. The molecule has 1 rings (SSSR count). The molecule has 6 N–H and O–H groups in total. The summed E-state index contributed by atoms with van der Waals surface area (Å²) in [5.74, 6) is -2.35. The number of hydrogen-bond donors (Lipinski definition) is 5. The summed E-state index contributed by atoms with van der Waals surface area (Å²) in [6.45, 7) is 3.57. The third-order valence-electron chi connectivity index (χ3n) is 3.39. The van der Waals surface area contributed by atoms with Crippen molar-refractivity contribution in [3.63, 3.8) is 0 Å². The maximum atomic E-state index is 10.7. The zero-order chi connectivity index (χ0) is 14.7. The first-order valence-electron chi connectivity index (χ1n) is 5.97. The molecule has 0 amide bonds. The van der Waals surface area contributed by atoms with Crippen LogP contribution in [0.2, 0.25) is 0 Å². The van der Waals surface area contributed by atoms with E-state index in [2.05, 4.69) is 0 Å². The maximum absolute atomic E-state index is 10.7. The predicted octanol–water partition coefficient (Wildman–Crippen LogP) is 1.34. The van der Waals surface area contributed by atoms with E-state index in [1.807, 2.05) is 0 Å². The van der Waals surface area contributed by atoms with Crippen LogP contribution in [0.4, 0.5) is 0 Å². The highest BCUT2D eigenvalue weighted by Gasteiger charge is 2.24. The number of rotatable bonds is 5. The summed E-state index contributed by atoms with van der Waals surface area (Å²) < 4.78 is 0. The standard InChI is InChI=1S/C13H19NO5/c1-6(3-10(14)13(18)19)7(2)9-4-8(15)5-11(16)12(9)17/h4-7,10,15-17H,3,14H2,1-2H3,(H,18,19). The highest BCUT2D eigenvalue weighted by molar-refractivity contribution is 5.73. The Morgan fingerprint density at radius 2 is 1.84 bits per heavy atom. The van der Waals surface area contributed by atoms with E-state index in [-0.39, 0.29) is 29.8 Å². The van der Waals surface area contributed by atoms with Gasteiger partial charge in [-0.15, -0.1) is 0 Å². The van der Waals surface area contributed by atoms with Crippen molar-refractivity contribution in [1.29, 1.82) is 0 Å². The van der Waals surface area contributed by atoms with E-state index in [4.69, 9.17) is 10.8 Å². The topological polar surface area (TPSA) is 124 Å². The average molecular weight is 269 g/mol. The largest absolute Gasteiger partial charge is 0.508 e. The summed E-state index contributed by atoms with van der Waals surface area (Å²) in [5.41, 5.74) is 5.83. The number of benzene rings is 1. The second kappa shape index (κ2) is 5.79. The summed E-state index contributed by atoms with van der Waals surface area (Å²) in [4.78, 5) is 10.7. The van der Waals surface area contributed by atoms with Crippen LogP contribution in [-0.2, 0) is 4.79 Å². The molecule has 6 heteroatoms. The zero-order valence-electron chi connectivity index (χ0n) is 10.9.